The molecular formula is C17H26N2O3. The maximum absolute atomic E-state index is 13.0. The number of ether oxygens (including phenoxy) is 2. The molecule has 0 saturated carbocycles. The Morgan fingerprint density at radius 1 is 1.27 bits per heavy atom. The average Bonchev–Trinajstić information content (AvgIpc) is 2.55. The minimum absolute atomic E-state index is 0.154. The van der Waals surface area contributed by atoms with Gasteiger partial charge in [-0.2, -0.15) is 0 Å². The van der Waals surface area contributed by atoms with E-state index in [9.17, 15) is 4.79 Å². The molecule has 1 aliphatic heterocycles. The molecule has 122 valence electrons. The molecule has 0 unspecified atom stereocenters. The Labute approximate surface area is 132 Å². The number of carbonyl (C=O) groups excluding carboxylic acids is 1. The second-order valence-electron chi connectivity index (χ2n) is 5.94. The smallest absolute Gasteiger partial charge is 0.231 e. The quantitative estimate of drug-likeness (QED) is 0.868. The van der Waals surface area contributed by atoms with E-state index in [-0.39, 0.29) is 5.91 Å². The van der Waals surface area contributed by atoms with Gasteiger partial charge in [0, 0.05) is 26.3 Å². The highest BCUT2D eigenvalue weighted by molar-refractivity contribution is 5.83. The Hall–Kier alpha value is -1.59. The lowest BCUT2D eigenvalue weighted by Gasteiger charge is -2.38. The number of benzene rings is 1. The number of hydrogen-bond acceptors (Lipinski definition) is 4. The van der Waals surface area contributed by atoms with E-state index in [0.29, 0.717) is 13.2 Å². The molecule has 1 saturated heterocycles. The van der Waals surface area contributed by atoms with Gasteiger partial charge in [-0.1, -0.05) is 18.2 Å². The van der Waals surface area contributed by atoms with Crippen molar-refractivity contribution in [2.45, 2.75) is 19.4 Å². The number of carbonyl (C=O) groups is 1. The summed E-state index contributed by atoms with van der Waals surface area (Å²) in [5, 5.41) is 3.31. The lowest BCUT2D eigenvalue weighted by Crippen LogP contribution is -2.50. The van der Waals surface area contributed by atoms with Gasteiger partial charge in [0.2, 0.25) is 5.91 Å². The van der Waals surface area contributed by atoms with E-state index in [2.05, 4.69) is 5.32 Å². The van der Waals surface area contributed by atoms with Crippen LogP contribution in [0.1, 0.15) is 18.4 Å². The van der Waals surface area contributed by atoms with Gasteiger partial charge in [0.1, 0.15) is 5.75 Å². The van der Waals surface area contributed by atoms with Crippen LogP contribution in [0.2, 0.25) is 0 Å². The lowest BCUT2D eigenvalue weighted by atomic mass is 9.78. The Kier molecular flexibility index (Phi) is 5.80. The Balaban J connectivity index is 2.13. The van der Waals surface area contributed by atoms with Crippen LogP contribution in [0.15, 0.2) is 24.3 Å². The normalized spacial score (nSPS) is 17.0. The molecule has 1 amide bonds. The average molecular weight is 306 g/mol. The third kappa shape index (κ3) is 3.59. The molecule has 1 aromatic carbocycles. The predicted octanol–water partition coefficient (Wildman–Crippen LogP) is 1.67. The summed E-state index contributed by atoms with van der Waals surface area (Å²) in [5.74, 6) is 0.968. The van der Waals surface area contributed by atoms with Gasteiger partial charge >= 0.3 is 0 Å². The number of nitrogens with zero attached hydrogens (tertiary/aromatic N) is 1. The Morgan fingerprint density at radius 3 is 2.59 bits per heavy atom. The van der Waals surface area contributed by atoms with Crippen LogP contribution < -0.4 is 10.1 Å². The highest BCUT2D eigenvalue weighted by atomic mass is 16.5. The number of hydrogen-bond donors (Lipinski definition) is 1. The minimum Gasteiger partial charge on any atom is -0.496 e. The molecule has 1 heterocycles. The summed E-state index contributed by atoms with van der Waals surface area (Å²) in [6, 6.07) is 7.81. The van der Waals surface area contributed by atoms with Crippen molar-refractivity contribution in [3.63, 3.8) is 0 Å². The molecule has 22 heavy (non-hydrogen) atoms. The number of para-hydroxylation sites is 1. The van der Waals surface area contributed by atoms with Gasteiger partial charge in [-0.3, -0.25) is 4.79 Å². The van der Waals surface area contributed by atoms with Crippen molar-refractivity contribution in [1.82, 2.24) is 10.2 Å². The lowest BCUT2D eigenvalue weighted by molar-refractivity contribution is -0.146. The maximum Gasteiger partial charge on any atom is 0.231 e. The predicted molar refractivity (Wildman–Crippen MR) is 85.9 cm³/mol. The van der Waals surface area contributed by atoms with Crippen LogP contribution >= 0.6 is 0 Å². The Morgan fingerprint density at radius 2 is 1.95 bits per heavy atom. The number of methoxy groups -OCH3 is 2. The van der Waals surface area contributed by atoms with Crippen LogP contribution in [0.4, 0.5) is 0 Å². The van der Waals surface area contributed by atoms with Crippen molar-refractivity contribution in [1.29, 1.82) is 0 Å². The summed E-state index contributed by atoms with van der Waals surface area (Å²) < 4.78 is 10.7. The van der Waals surface area contributed by atoms with Crippen LogP contribution in [-0.4, -0.2) is 51.8 Å². The van der Waals surface area contributed by atoms with E-state index >= 15 is 0 Å². The summed E-state index contributed by atoms with van der Waals surface area (Å²) in [7, 11) is 5.17. The SMILES string of the molecule is COCC1(C(=O)N(C)Cc2ccccc2OC)CCNCC1. The van der Waals surface area contributed by atoms with Crippen LogP contribution in [-0.2, 0) is 16.1 Å². The number of amides is 1. The fourth-order valence-corrected chi connectivity index (χ4v) is 3.17. The van der Waals surface area contributed by atoms with Gasteiger partial charge in [-0.05, 0) is 32.0 Å². The molecule has 1 N–H and O–H groups in total. The van der Waals surface area contributed by atoms with Gasteiger partial charge in [-0.25, -0.2) is 0 Å². The van der Waals surface area contributed by atoms with E-state index in [1.54, 1.807) is 19.1 Å². The number of nitrogens with one attached hydrogen (secondary N) is 1. The third-order valence-corrected chi connectivity index (χ3v) is 4.38. The largest absolute Gasteiger partial charge is 0.496 e. The second-order valence-corrected chi connectivity index (χ2v) is 5.94. The first-order chi connectivity index (χ1) is 10.6. The van der Waals surface area contributed by atoms with E-state index in [4.69, 9.17) is 9.47 Å². The molecule has 0 atom stereocenters. The van der Waals surface area contributed by atoms with Gasteiger partial charge in [0.05, 0.1) is 19.1 Å². The van der Waals surface area contributed by atoms with Gasteiger partial charge < -0.3 is 19.7 Å². The highest BCUT2D eigenvalue weighted by Gasteiger charge is 2.41. The highest BCUT2D eigenvalue weighted by Crippen LogP contribution is 2.32. The molecule has 0 spiro atoms. The summed E-state index contributed by atoms with van der Waals surface area (Å²) in [6.07, 6.45) is 1.63. The molecule has 0 aliphatic carbocycles. The van der Waals surface area contributed by atoms with Gasteiger partial charge in [-0.15, -0.1) is 0 Å². The van der Waals surface area contributed by atoms with Gasteiger partial charge in [0.25, 0.3) is 0 Å². The molecule has 2 rings (SSSR count). The summed E-state index contributed by atoms with van der Waals surface area (Å²) in [5.41, 5.74) is 0.610. The monoisotopic (exact) mass is 306 g/mol. The maximum atomic E-state index is 13.0. The molecule has 0 bridgehead atoms. The zero-order chi connectivity index (χ0) is 16.0. The fourth-order valence-electron chi connectivity index (χ4n) is 3.17. The van der Waals surface area contributed by atoms with E-state index in [0.717, 1.165) is 37.2 Å². The van der Waals surface area contributed by atoms with Crippen molar-refractivity contribution in [2.24, 2.45) is 5.41 Å². The van der Waals surface area contributed by atoms with E-state index in [1.807, 2.05) is 31.3 Å². The zero-order valence-corrected chi connectivity index (χ0v) is 13.7. The summed E-state index contributed by atoms with van der Waals surface area (Å²) in [6.45, 7) is 2.74. The van der Waals surface area contributed by atoms with Crippen LogP contribution in [0, 0.1) is 5.41 Å². The van der Waals surface area contributed by atoms with Crippen LogP contribution in [0.3, 0.4) is 0 Å². The molecule has 5 heteroatoms. The number of piperidine rings is 1. The summed E-state index contributed by atoms with van der Waals surface area (Å²) >= 11 is 0. The van der Waals surface area contributed by atoms with E-state index in [1.165, 1.54) is 0 Å². The fraction of sp³-hybridized carbons (Fsp3) is 0.588. The number of rotatable bonds is 6. The molecule has 0 radical (unpaired) electrons. The molecule has 1 aromatic rings. The first-order valence-electron chi connectivity index (χ1n) is 7.70. The first kappa shape index (κ1) is 16.8. The minimum atomic E-state index is -0.406. The molecule has 1 aliphatic rings. The topological polar surface area (TPSA) is 50.8 Å². The van der Waals surface area contributed by atoms with Crippen molar-refractivity contribution in [2.75, 3.05) is 41.0 Å². The van der Waals surface area contributed by atoms with Crippen molar-refractivity contribution >= 4 is 5.91 Å². The van der Waals surface area contributed by atoms with Crippen LogP contribution in [0.5, 0.6) is 5.75 Å². The standard InChI is InChI=1S/C17H26N2O3/c1-19(12-14-6-4-5-7-15(14)22-3)16(20)17(13-21-2)8-10-18-11-9-17/h4-7,18H,8-13H2,1-3H3. The molecule has 1 fully saturated rings. The van der Waals surface area contributed by atoms with Crippen molar-refractivity contribution in [3.05, 3.63) is 29.8 Å². The Bertz CT molecular complexity index is 493. The van der Waals surface area contributed by atoms with Gasteiger partial charge in [0.15, 0.2) is 0 Å². The van der Waals surface area contributed by atoms with Crippen LogP contribution in [0.25, 0.3) is 0 Å². The molecule has 5 nitrogen and oxygen atoms in total. The molecular weight excluding hydrogens is 280 g/mol. The second kappa shape index (κ2) is 7.61. The van der Waals surface area contributed by atoms with E-state index < -0.39 is 5.41 Å². The molecule has 0 aromatic heterocycles. The summed E-state index contributed by atoms with van der Waals surface area (Å²) in [4.78, 5) is 14.8. The third-order valence-electron chi connectivity index (χ3n) is 4.38. The van der Waals surface area contributed by atoms with Crippen molar-refractivity contribution in [3.8, 4) is 5.75 Å². The van der Waals surface area contributed by atoms with Crippen molar-refractivity contribution < 1.29 is 14.3 Å². The first-order valence-corrected chi connectivity index (χ1v) is 7.70. The zero-order valence-electron chi connectivity index (χ0n) is 13.7.